The molecule has 0 spiro atoms. The average molecular weight is 178 g/mol. The van der Waals surface area contributed by atoms with Gasteiger partial charge in [-0.05, 0) is 24.1 Å². The van der Waals surface area contributed by atoms with Gasteiger partial charge in [0.1, 0.15) is 0 Å². The molecule has 13 heavy (non-hydrogen) atoms. The minimum atomic E-state index is 0.0631. The number of hydrogen-bond donors (Lipinski definition) is 3. The van der Waals surface area contributed by atoms with Gasteiger partial charge < -0.3 is 5.73 Å². The van der Waals surface area contributed by atoms with E-state index in [-0.39, 0.29) is 6.17 Å². The van der Waals surface area contributed by atoms with E-state index in [1.165, 1.54) is 5.56 Å². The predicted molar refractivity (Wildman–Crippen MR) is 50.5 cm³/mol. The van der Waals surface area contributed by atoms with Crippen molar-refractivity contribution in [2.75, 3.05) is 6.54 Å². The Balaban J connectivity index is 1.98. The smallest absolute Gasteiger partial charge is 0.0723 e. The molecule has 0 aromatic carbocycles. The Labute approximate surface area is 77.5 Å². The fraction of sp³-hybridized carbons (Fsp3) is 0.444. The average Bonchev–Trinajstić information content (AvgIpc) is 2.54. The summed E-state index contributed by atoms with van der Waals surface area (Å²) in [6, 6.07) is 4.07. The zero-order chi connectivity index (χ0) is 9.10. The molecule has 1 aromatic heterocycles. The summed E-state index contributed by atoms with van der Waals surface area (Å²) in [6.07, 6.45) is 4.70. The summed E-state index contributed by atoms with van der Waals surface area (Å²) in [5.41, 5.74) is 13.2. The number of aromatic nitrogens is 1. The molecule has 4 heteroatoms. The van der Waals surface area contributed by atoms with Gasteiger partial charge in [0.15, 0.2) is 0 Å². The van der Waals surface area contributed by atoms with E-state index >= 15 is 0 Å². The number of rotatable bonds is 2. The molecule has 1 aliphatic rings. The van der Waals surface area contributed by atoms with Gasteiger partial charge in [-0.2, -0.15) is 0 Å². The van der Waals surface area contributed by atoms with E-state index in [0.717, 1.165) is 13.0 Å². The van der Waals surface area contributed by atoms with Crippen LogP contribution in [0.2, 0.25) is 0 Å². The lowest BCUT2D eigenvalue weighted by Crippen LogP contribution is -2.39. The van der Waals surface area contributed by atoms with Crippen LogP contribution >= 0.6 is 0 Å². The summed E-state index contributed by atoms with van der Waals surface area (Å²) in [5.74, 6) is 0.474. The van der Waals surface area contributed by atoms with Gasteiger partial charge in [-0.1, -0.05) is 0 Å². The predicted octanol–water partition coefficient (Wildman–Crippen LogP) is -0.367. The van der Waals surface area contributed by atoms with Crippen LogP contribution in [0.4, 0.5) is 0 Å². The largest absolute Gasteiger partial charge is 0.315 e. The Morgan fingerprint density at radius 1 is 1.46 bits per heavy atom. The topological polar surface area (TPSA) is 63.0 Å². The second kappa shape index (κ2) is 3.83. The Hall–Kier alpha value is -0.970. The van der Waals surface area contributed by atoms with Crippen LogP contribution in [0.1, 0.15) is 5.56 Å². The molecule has 2 rings (SSSR count). The van der Waals surface area contributed by atoms with Crippen molar-refractivity contribution in [1.82, 2.24) is 15.8 Å². The highest BCUT2D eigenvalue weighted by molar-refractivity contribution is 5.11. The number of nitrogens with two attached hydrogens (primary N) is 1. The highest BCUT2D eigenvalue weighted by atomic mass is 15.4. The molecule has 4 nitrogen and oxygen atoms in total. The van der Waals surface area contributed by atoms with Crippen molar-refractivity contribution in [2.24, 2.45) is 11.7 Å². The summed E-state index contributed by atoms with van der Waals surface area (Å²) >= 11 is 0. The number of hydrogen-bond acceptors (Lipinski definition) is 4. The highest BCUT2D eigenvalue weighted by Gasteiger charge is 2.22. The van der Waals surface area contributed by atoms with Gasteiger partial charge in [0.05, 0.1) is 6.17 Å². The summed E-state index contributed by atoms with van der Waals surface area (Å²) in [6.45, 7) is 0.934. The highest BCUT2D eigenvalue weighted by Crippen LogP contribution is 2.11. The van der Waals surface area contributed by atoms with Crippen molar-refractivity contribution in [2.45, 2.75) is 12.6 Å². The molecule has 1 fully saturated rings. The molecule has 2 atom stereocenters. The van der Waals surface area contributed by atoms with Crippen molar-refractivity contribution in [1.29, 1.82) is 0 Å². The van der Waals surface area contributed by atoms with Crippen LogP contribution in [0.3, 0.4) is 0 Å². The lowest BCUT2D eigenvalue weighted by molar-refractivity contribution is 0.468. The first-order valence-electron chi connectivity index (χ1n) is 4.49. The van der Waals surface area contributed by atoms with E-state index in [1.807, 2.05) is 24.5 Å². The first-order chi connectivity index (χ1) is 6.36. The molecule has 0 aliphatic carbocycles. The van der Waals surface area contributed by atoms with Gasteiger partial charge in [-0.25, -0.2) is 5.43 Å². The molecule has 0 bridgehead atoms. The van der Waals surface area contributed by atoms with Crippen molar-refractivity contribution < 1.29 is 0 Å². The van der Waals surface area contributed by atoms with Crippen molar-refractivity contribution in [3.63, 3.8) is 0 Å². The second-order valence-electron chi connectivity index (χ2n) is 3.37. The molecule has 70 valence electrons. The Bertz CT molecular complexity index is 262. The van der Waals surface area contributed by atoms with E-state index in [2.05, 4.69) is 15.8 Å². The Morgan fingerprint density at radius 2 is 2.23 bits per heavy atom. The van der Waals surface area contributed by atoms with Gasteiger partial charge in [0.2, 0.25) is 0 Å². The number of nitrogens with one attached hydrogen (secondary N) is 2. The van der Waals surface area contributed by atoms with E-state index in [9.17, 15) is 0 Å². The van der Waals surface area contributed by atoms with E-state index in [0.29, 0.717) is 5.92 Å². The van der Waals surface area contributed by atoms with Crippen LogP contribution in [-0.2, 0) is 6.42 Å². The maximum Gasteiger partial charge on any atom is 0.0723 e. The first-order valence-corrected chi connectivity index (χ1v) is 4.49. The maximum atomic E-state index is 5.84. The number of pyridine rings is 1. The second-order valence-corrected chi connectivity index (χ2v) is 3.37. The molecule has 2 unspecified atom stereocenters. The molecule has 4 N–H and O–H groups in total. The molecule has 1 saturated heterocycles. The summed E-state index contributed by atoms with van der Waals surface area (Å²) in [7, 11) is 0. The lowest BCUT2D eigenvalue weighted by atomic mass is 9.99. The molecular weight excluding hydrogens is 164 g/mol. The normalized spacial score (nSPS) is 27.8. The van der Waals surface area contributed by atoms with Crippen LogP contribution < -0.4 is 16.6 Å². The minimum absolute atomic E-state index is 0.0631. The molecule has 1 aromatic rings. The molecule has 2 heterocycles. The van der Waals surface area contributed by atoms with Crippen LogP contribution in [0.15, 0.2) is 24.5 Å². The van der Waals surface area contributed by atoms with Gasteiger partial charge in [0.25, 0.3) is 0 Å². The minimum Gasteiger partial charge on any atom is -0.315 e. The van der Waals surface area contributed by atoms with Crippen LogP contribution in [0.25, 0.3) is 0 Å². The number of hydrazine groups is 1. The van der Waals surface area contributed by atoms with E-state index in [1.54, 1.807) is 0 Å². The van der Waals surface area contributed by atoms with Gasteiger partial charge >= 0.3 is 0 Å². The lowest BCUT2D eigenvalue weighted by Gasteiger charge is -2.12. The quantitative estimate of drug-likeness (QED) is 0.578. The van der Waals surface area contributed by atoms with Crippen molar-refractivity contribution in [3.05, 3.63) is 30.1 Å². The van der Waals surface area contributed by atoms with Crippen molar-refractivity contribution >= 4 is 0 Å². The summed E-state index contributed by atoms with van der Waals surface area (Å²) in [5, 5.41) is 0. The molecular formula is C9H14N4. The monoisotopic (exact) mass is 178 g/mol. The molecule has 0 amide bonds. The van der Waals surface area contributed by atoms with Gasteiger partial charge in [-0.3, -0.25) is 10.4 Å². The maximum absolute atomic E-state index is 5.84. The van der Waals surface area contributed by atoms with Crippen LogP contribution in [0, 0.1) is 5.92 Å². The van der Waals surface area contributed by atoms with Crippen molar-refractivity contribution in [3.8, 4) is 0 Å². The molecule has 0 radical (unpaired) electrons. The summed E-state index contributed by atoms with van der Waals surface area (Å²) < 4.78 is 0. The molecule has 0 saturated carbocycles. The number of nitrogens with zero attached hydrogens (tertiary/aromatic N) is 1. The van der Waals surface area contributed by atoms with E-state index < -0.39 is 0 Å². The fourth-order valence-electron chi connectivity index (χ4n) is 1.57. The van der Waals surface area contributed by atoms with Crippen LogP contribution in [0.5, 0.6) is 0 Å². The Kier molecular flexibility index (Phi) is 2.54. The third kappa shape index (κ3) is 2.03. The Morgan fingerprint density at radius 3 is 2.85 bits per heavy atom. The standard InChI is InChI=1S/C9H14N4/c10-9-8(6-12-13-9)5-7-1-3-11-4-2-7/h1-4,8-9,12-13H,5-6,10H2. The zero-order valence-corrected chi connectivity index (χ0v) is 7.40. The SMILES string of the molecule is NC1NNCC1Cc1ccncc1. The van der Waals surface area contributed by atoms with E-state index in [4.69, 9.17) is 5.73 Å². The van der Waals surface area contributed by atoms with Gasteiger partial charge in [0, 0.05) is 24.9 Å². The summed E-state index contributed by atoms with van der Waals surface area (Å²) in [4.78, 5) is 3.98. The third-order valence-electron chi connectivity index (χ3n) is 2.39. The van der Waals surface area contributed by atoms with Gasteiger partial charge in [-0.15, -0.1) is 0 Å². The third-order valence-corrected chi connectivity index (χ3v) is 2.39. The zero-order valence-electron chi connectivity index (χ0n) is 7.40. The van der Waals surface area contributed by atoms with Crippen LogP contribution in [-0.4, -0.2) is 17.7 Å². The fourth-order valence-corrected chi connectivity index (χ4v) is 1.57. The first kappa shape index (κ1) is 8.62. The molecule has 1 aliphatic heterocycles.